The maximum Gasteiger partial charge on any atom is 0.435 e. The van der Waals surface area contributed by atoms with Gasteiger partial charge in [0.2, 0.25) is 12.7 Å². The second-order valence-electron chi connectivity index (χ2n) is 11.5. The van der Waals surface area contributed by atoms with Gasteiger partial charge < -0.3 is 19.3 Å². The molecule has 6 rings (SSSR count). The fraction of sp³-hybridized carbons (Fsp3) is 0.414. The average molecular weight is 555 g/mol. The molecule has 2 bridgehead atoms. The van der Waals surface area contributed by atoms with Crippen molar-refractivity contribution in [1.82, 2.24) is 14.7 Å². The Morgan fingerprint density at radius 1 is 1.02 bits per heavy atom. The van der Waals surface area contributed by atoms with Gasteiger partial charge in [0.1, 0.15) is 0 Å². The lowest BCUT2D eigenvalue weighted by atomic mass is 9.90. The van der Waals surface area contributed by atoms with E-state index >= 15 is 0 Å². The summed E-state index contributed by atoms with van der Waals surface area (Å²) in [7, 11) is 1.61. The zero-order valence-electron chi connectivity index (χ0n) is 22.6. The summed E-state index contributed by atoms with van der Waals surface area (Å²) < 4.78 is 55.0. The minimum Gasteiger partial charge on any atom is -0.454 e. The summed E-state index contributed by atoms with van der Waals surface area (Å²) in [4.78, 5) is 29.7. The van der Waals surface area contributed by atoms with Gasteiger partial charge in [0.15, 0.2) is 17.2 Å². The molecule has 0 aliphatic carbocycles. The number of fused-ring (bicyclic) bond motifs is 5. The van der Waals surface area contributed by atoms with Crippen LogP contribution in [0.4, 0.5) is 18.9 Å². The predicted octanol–water partition coefficient (Wildman–Crippen LogP) is 5.53. The number of aromatic nitrogens is 2. The number of ether oxygens (including phenoxy) is 2. The zero-order valence-corrected chi connectivity index (χ0v) is 22.6. The molecule has 3 aromatic rings. The summed E-state index contributed by atoms with van der Waals surface area (Å²) in [6, 6.07) is 10.7. The zero-order chi connectivity index (χ0) is 28.6. The maximum absolute atomic E-state index is 14.3. The third-order valence-electron chi connectivity index (χ3n) is 7.82. The van der Waals surface area contributed by atoms with Gasteiger partial charge in [-0.15, -0.1) is 0 Å². The molecule has 3 aliphatic heterocycles. The summed E-state index contributed by atoms with van der Waals surface area (Å²) in [6.07, 6.45) is -3.37. The van der Waals surface area contributed by atoms with Crippen molar-refractivity contribution in [3.05, 3.63) is 65.0 Å². The molecule has 1 saturated heterocycles. The van der Waals surface area contributed by atoms with E-state index in [-0.39, 0.29) is 36.6 Å². The number of amides is 2. The normalized spacial score (nSPS) is 19.5. The quantitative estimate of drug-likeness (QED) is 0.426. The van der Waals surface area contributed by atoms with E-state index in [9.17, 15) is 22.8 Å². The van der Waals surface area contributed by atoms with E-state index in [0.29, 0.717) is 47.0 Å². The van der Waals surface area contributed by atoms with Gasteiger partial charge in [-0.05, 0) is 43.2 Å². The van der Waals surface area contributed by atoms with Gasteiger partial charge >= 0.3 is 6.18 Å². The number of hydrogen-bond acceptors (Lipinski definition) is 5. The molecule has 40 heavy (non-hydrogen) atoms. The van der Waals surface area contributed by atoms with Crippen LogP contribution in [-0.4, -0.2) is 46.4 Å². The molecule has 3 aliphatic rings. The van der Waals surface area contributed by atoms with E-state index in [1.54, 1.807) is 75.2 Å². The number of anilines is 1. The molecule has 1 aromatic heterocycles. The van der Waals surface area contributed by atoms with Crippen molar-refractivity contribution in [3.8, 4) is 17.2 Å². The van der Waals surface area contributed by atoms with Crippen molar-refractivity contribution in [2.24, 2.45) is 5.41 Å². The average Bonchev–Trinajstić information content (AvgIpc) is 3.61. The van der Waals surface area contributed by atoms with E-state index in [2.05, 4.69) is 5.10 Å². The van der Waals surface area contributed by atoms with E-state index in [4.69, 9.17) is 9.47 Å². The van der Waals surface area contributed by atoms with Gasteiger partial charge in [-0.3, -0.25) is 9.59 Å². The Labute approximate surface area is 229 Å². The maximum atomic E-state index is 14.3. The lowest BCUT2D eigenvalue weighted by Crippen LogP contribution is -2.47. The predicted molar refractivity (Wildman–Crippen MR) is 140 cm³/mol. The minimum absolute atomic E-state index is 0.0630. The highest BCUT2D eigenvalue weighted by Crippen LogP contribution is 2.50. The molecular weight excluding hydrogens is 525 g/mol. The van der Waals surface area contributed by atoms with Gasteiger partial charge in [-0.1, -0.05) is 26.8 Å². The third-order valence-corrected chi connectivity index (χ3v) is 7.82. The molecule has 11 heteroatoms. The van der Waals surface area contributed by atoms with E-state index < -0.39 is 23.3 Å². The number of hydrogen-bond donors (Lipinski definition) is 0. The molecule has 2 unspecified atom stereocenters. The number of carbonyl (C=O) groups excluding carboxylic acids is 2. The van der Waals surface area contributed by atoms with Crippen LogP contribution in [0.1, 0.15) is 67.0 Å². The first kappa shape index (κ1) is 26.2. The van der Waals surface area contributed by atoms with Gasteiger partial charge in [0, 0.05) is 47.8 Å². The number of rotatable bonds is 3. The second kappa shape index (κ2) is 9.00. The van der Waals surface area contributed by atoms with Crippen LogP contribution in [0, 0.1) is 5.41 Å². The topological polar surface area (TPSA) is 76.9 Å². The smallest absolute Gasteiger partial charge is 0.435 e. The number of nitrogens with zero attached hydrogens (tertiary/aromatic N) is 4. The monoisotopic (exact) mass is 554 g/mol. The highest BCUT2D eigenvalue weighted by molar-refractivity contribution is 6.06. The molecule has 0 N–H and O–H groups in total. The van der Waals surface area contributed by atoms with Crippen LogP contribution in [0.2, 0.25) is 0 Å². The third kappa shape index (κ3) is 4.18. The van der Waals surface area contributed by atoms with Crippen molar-refractivity contribution in [1.29, 1.82) is 0 Å². The summed E-state index contributed by atoms with van der Waals surface area (Å²) >= 11 is 0. The van der Waals surface area contributed by atoms with Crippen molar-refractivity contribution in [2.75, 3.05) is 18.7 Å². The molecule has 2 amide bonds. The second-order valence-corrected chi connectivity index (χ2v) is 11.5. The molecule has 8 nitrogen and oxygen atoms in total. The van der Waals surface area contributed by atoms with Crippen LogP contribution >= 0.6 is 0 Å². The summed E-state index contributed by atoms with van der Waals surface area (Å²) in [5.41, 5.74) is 0.0280. The number of carbonyl (C=O) groups is 2. The Bertz CT molecular complexity index is 1520. The molecule has 210 valence electrons. The first-order chi connectivity index (χ1) is 18.8. The van der Waals surface area contributed by atoms with Gasteiger partial charge in [-0.2, -0.15) is 18.3 Å². The van der Waals surface area contributed by atoms with Crippen LogP contribution in [0.3, 0.4) is 0 Å². The van der Waals surface area contributed by atoms with Crippen LogP contribution in [0.25, 0.3) is 5.69 Å². The standard InChI is InChI=1S/C29H29F3N4O4/c1-28(2,3)27(38)35-18-8-10-20(35)24-21(13-18)36(33-25(24)29(30,31)32)19-7-5-6-16(12-19)26(37)34(4)17-9-11-22-23(14-17)40-15-39-22/h5-7,9,11-12,14,18,20H,8,10,13,15H2,1-4H3. The molecular formula is C29H29F3N4O4. The highest BCUT2D eigenvalue weighted by atomic mass is 19.4. The Morgan fingerprint density at radius 3 is 2.50 bits per heavy atom. The lowest BCUT2D eigenvalue weighted by molar-refractivity contribution is -0.147. The molecule has 0 spiro atoms. The number of halogens is 3. The van der Waals surface area contributed by atoms with Crippen LogP contribution in [0.5, 0.6) is 11.5 Å². The molecule has 2 atom stereocenters. The SMILES string of the molecule is CN(C(=O)c1cccc(-n2nc(C(F)(F)F)c3c2CC2CCC3N2C(=O)C(C)(C)C)c1)c1ccc2c(c1)OCO2. The van der Waals surface area contributed by atoms with Gasteiger partial charge in [0.05, 0.1) is 17.4 Å². The highest BCUT2D eigenvalue weighted by Gasteiger charge is 2.51. The number of alkyl halides is 3. The van der Waals surface area contributed by atoms with E-state index in [0.717, 1.165) is 0 Å². The Balaban J connectivity index is 1.38. The number of benzene rings is 2. The van der Waals surface area contributed by atoms with Gasteiger partial charge in [0.25, 0.3) is 5.91 Å². The van der Waals surface area contributed by atoms with Crippen molar-refractivity contribution < 1.29 is 32.2 Å². The first-order valence-corrected chi connectivity index (χ1v) is 13.1. The van der Waals surface area contributed by atoms with Gasteiger partial charge in [-0.25, -0.2) is 4.68 Å². The fourth-order valence-electron chi connectivity index (χ4n) is 5.89. The lowest BCUT2D eigenvalue weighted by Gasteiger charge is -2.39. The van der Waals surface area contributed by atoms with Crippen molar-refractivity contribution in [3.63, 3.8) is 0 Å². The van der Waals surface area contributed by atoms with Crippen molar-refractivity contribution >= 4 is 17.5 Å². The molecule has 0 saturated carbocycles. The van der Waals surface area contributed by atoms with E-state index in [1.165, 1.54) is 9.58 Å². The van der Waals surface area contributed by atoms with Crippen LogP contribution in [0.15, 0.2) is 42.5 Å². The molecule has 4 heterocycles. The van der Waals surface area contributed by atoms with Crippen LogP contribution < -0.4 is 14.4 Å². The fourth-order valence-corrected chi connectivity index (χ4v) is 5.89. The Hall–Kier alpha value is -4.02. The molecule has 0 radical (unpaired) electrons. The minimum atomic E-state index is -4.70. The first-order valence-electron chi connectivity index (χ1n) is 13.1. The Kier molecular flexibility index (Phi) is 5.90. The summed E-state index contributed by atoms with van der Waals surface area (Å²) in [6.45, 7) is 5.45. The molecule has 1 fully saturated rings. The van der Waals surface area contributed by atoms with Crippen molar-refractivity contribution in [2.45, 2.75) is 58.3 Å². The summed E-state index contributed by atoms with van der Waals surface area (Å²) in [5.74, 6) is 0.611. The van der Waals surface area contributed by atoms with Crippen LogP contribution in [-0.2, 0) is 17.4 Å². The Morgan fingerprint density at radius 2 is 1.77 bits per heavy atom. The summed E-state index contributed by atoms with van der Waals surface area (Å²) in [5, 5.41) is 4.05. The van der Waals surface area contributed by atoms with E-state index in [1.807, 2.05) is 0 Å². The molecule has 2 aromatic carbocycles. The largest absolute Gasteiger partial charge is 0.454 e.